The number of amides is 1. The van der Waals surface area contributed by atoms with Crippen LogP contribution in [0.2, 0.25) is 0 Å². The number of rotatable bonds is 5. The van der Waals surface area contributed by atoms with E-state index in [1.807, 2.05) is 0 Å². The lowest BCUT2D eigenvalue weighted by Crippen LogP contribution is -2.37. The number of carboxylic acid groups (broad SMARTS) is 1. The summed E-state index contributed by atoms with van der Waals surface area (Å²) in [6.07, 6.45) is 0. The van der Waals surface area contributed by atoms with Crippen molar-refractivity contribution in [3.05, 3.63) is 35.4 Å². The fraction of sp³-hybridized carbons (Fsp3) is 0.467. The third kappa shape index (κ3) is 4.09. The molecule has 1 amide bonds. The highest BCUT2D eigenvalue weighted by Gasteiger charge is 2.23. The smallest absolute Gasteiger partial charge is 0.335 e. The van der Waals surface area contributed by atoms with E-state index in [0.717, 1.165) is 0 Å². The van der Waals surface area contributed by atoms with Gasteiger partial charge in [-0.3, -0.25) is 4.79 Å². The Morgan fingerprint density at radius 3 is 2.37 bits per heavy atom. The number of aromatic carboxylic acids is 1. The molecule has 0 heterocycles. The minimum absolute atomic E-state index is 0.0000678. The average Bonchev–Trinajstić information content (AvgIpc) is 2.36. The zero-order valence-electron chi connectivity index (χ0n) is 11.9. The van der Waals surface area contributed by atoms with Crippen LogP contribution in [0.4, 0.5) is 0 Å². The maximum Gasteiger partial charge on any atom is 0.335 e. The van der Waals surface area contributed by atoms with Gasteiger partial charge in [0, 0.05) is 12.1 Å². The van der Waals surface area contributed by atoms with E-state index in [2.05, 4.69) is 33.0 Å². The standard InChI is InChI=1S/C15H21NO3/c1-10(2)15(3,4)9-16-13(17)11-6-5-7-12(8-11)14(18)19/h5-8,10H,9H2,1-4H3,(H,16,17)(H,18,19). The van der Waals surface area contributed by atoms with Crippen LogP contribution in [-0.4, -0.2) is 23.5 Å². The predicted molar refractivity (Wildman–Crippen MR) is 74.4 cm³/mol. The van der Waals surface area contributed by atoms with E-state index in [1.54, 1.807) is 12.1 Å². The van der Waals surface area contributed by atoms with Gasteiger partial charge < -0.3 is 10.4 Å². The lowest BCUT2D eigenvalue weighted by atomic mass is 9.81. The molecule has 0 aromatic heterocycles. The Bertz CT molecular complexity index is 478. The molecule has 104 valence electrons. The molecule has 4 nitrogen and oxygen atoms in total. The first-order valence-corrected chi connectivity index (χ1v) is 6.35. The van der Waals surface area contributed by atoms with Gasteiger partial charge in [0.2, 0.25) is 0 Å². The zero-order valence-corrected chi connectivity index (χ0v) is 11.9. The van der Waals surface area contributed by atoms with Crippen LogP contribution in [0.3, 0.4) is 0 Å². The van der Waals surface area contributed by atoms with Crippen molar-refractivity contribution >= 4 is 11.9 Å². The normalized spacial score (nSPS) is 11.4. The predicted octanol–water partition coefficient (Wildman–Crippen LogP) is 2.80. The van der Waals surface area contributed by atoms with E-state index in [9.17, 15) is 9.59 Å². The van der Waals surface area contributed by atoms with Crippen molar-refractivity contribution in [2.45, 2.75) is 27.7 Å². The van der Waals surface area contributed by atoms with E-state index in [-0.39, 0.29) is 16.9 Å². The van der Waals surface area contributed by atoms with Crippen molar-refractivity contribution in [2.24, 2.45) is 11.3 Å². The van der Waals surface area contributed by atoms with Gasteiger partial charge in [-0.25, -0.2) is 4.79 Å². The van der Waals surface area contributed by atoms with Crippen LogP contribution in [-0.2, 0) is 0 Å². The summed E-state index contributed by atoms with van der Waals surface area (Å²) < 4.78 is 0. The van der Waals surface area contributed by atoms with E-state index in [4.69, 9.17) is 5.11 Å². The molecule has 19 heavy (non-hydrogen) atoms. The summed E-state index contributed by atoms with van der Waals surface area (Å²) in [6, 6.07) is 6.05. The van der Waals surface area contributed by atoms with Crippen LogP contribution in [0.5, 0.6) is 0 Å². The molecule has 0 radical (unpaired) electrons. The largest absolute Gasteiger partial charge is 0.478 e. The molecular weight excluding hydrogens is 242 g/mol. The third-order valence-electron chi connectivity index (χ3n) is 3.64. The Morgan fingerprint density at radius 2 is 1.84 bits per heavy atom. The fourth-order valence-electron chi connectivity index (χ4n) is 1.41. The molecule has 0 saturated carbocycles. The second-order valence-corrected chi connectivity index (χ2v) is 5.71. The highest BCUT2D eigenvalue weighted by molar-refractivity contribution is 5.97. The van der Waals surface area contributed by atoms with Gasteiger partial charge in [-0.1, -0.05) is 33.8 Å². The first kappa shape index (κ1) is 15.2. The van der Waals surface area contributed by atoms with Crippen LogP contribution in [0.25, 0.3) is 0 Å². The topological polar surface area (TPSA) is 66.4 Å². The molecule has 2 N–H and O–H groups in total. The minimum atomic E-state index is -1.03. The van der Waals surface area contributed by atoms with Crippen molar-refractivity contribution in [2.75, 3.05) is 6.54 Å². The van der Waals surface area contributed by atoms with E-state index in [1.165, 1.54) is 12.1 Å². The summed E-state index contributed by atoms with van der Waals surface area (Å²) >= 11 is 0. The lowest BCUT2D eigenvalue weighted by molar-refractivity contribution is 0.0697. The van der Waals surface area contributed by atoms with E-state index in [0.29, 0.717) is 18.0 Å². The van der Waals surface area contributed by atoms with Gasteiger partial charge in [0.1, 0.15) is 0 Å². The quantitative estimate of drug-likeness (QED) is 0.858. The summed E-state index contributed by atoms with van der Waals surface area (Å²) in [4.78, 5) is 22.8. The molecule has 4 heteroatoms. The first-order chi connectivity index (χ1) is 8.74. The van der Waals surface area contributed by atoms with Crippen LogP contribution < -0.4 is 5.32 Å². The summed E-state index contributed by atoms with van der Waals surface area (Å²) in [6.45, 7) is 8.95. The molecule has 0 aliphatic carbocycles. The Hall–Kier alpha value is -1.84. The van der Waals surface area contributed by atoms with Gasteiger partial charge in [-0.15, -0.1) is 0 Å². The number of hydrogen-bond acceptors (Lipinski definition) is 2. The minimum Gasteiger partial charge on any atom is -0.478 e. The Balaban J connectivity index is 2.74. The maximum absolute atomic E-state index is 12.0. The van der Waals surface area contributed by atoms with Gasteiger partial charge in [-0.05, 0) is 29.5 Å². The molecule has 1 aromatic rings. The molecule has 0 bridgehead atoms. The second kappa shape index (κ2) is 5.87. The third-order valence-corrected chi connectivity index (χ3v) is 3.64. The van der Waals surface area contributed by atoms with Crippen molar-refractivity contribution in [3.63, 3.8) is 0 Å². The molecule has 0 atom stereocenters. The number of carboxylic acids is 1. The zero-order chi connectivity index (χ0) is 14.6. The van der Waals surface area contributed by atoms with Crippen LogP contribution in [0.1, 0.15) is 48.4 Å². The van der Waals surface area contributed by atoms with Gasteiger partial charge >= 0.3 is 5.97 Å². The van der Waals surface area contributed by atoms with E-state index >= 15 is 0 Å². The molecule has 0 aliphatic rings. The summed E-state index contributed by atoms with van der Waals surface area (Å²) in [5.41, 5.74) is 0.496. The van der Waals surface area contributed by atoms with Crippen LogP contribution in [0.15, 0.2) is 24.3 Å². The molecular formula is C15H21NO3. The first-order valence-electron chi connectivity index (χ1n) is 6.35. The van der Waals surface area contributed by atoms with Gasteiger partial charge in [0.15, 0.2) is 0 Å². The number of carbonyl (C=O) groups excluding carboxylic acids is 1. The highest BCUT2D eigenvalue weighted by atomic mass is 16.4. The number of nitrogens with one attached hydrogen (secondary N) is 1. The summed E-state index contributed by atoms with van der Waals surface area (Å²) in [5, 5.41) is 11.7. The van der Waals surface area contributed by atoms with Crippen molar-refractivity contribution in [1.82, 2.24) is 5.32 Å². The van der Waals surface area contributed by atoms with Gasteiger partial charge in [-0.2, -0.15) is 0 Å². The van der Waals surface area contributed by atoms with Crippen molar-refractivity contribution in [3.8, 4) is 0 Å². The summed E-state index contributed by atoms with van der Waals surface area (Å²) in [5.74, 6) is -0.827. The van der Waals surface area contributed by atoms with Gasteiger partial charge in [0.05, 0.1) is 5.56 Å². The van der Waals surface area contributed by atoms with E-state index < -0.39 is 5.97 Å². The molecule has 0 spiro atoms. The lowest BCUT2D eigenvalue weighted by Gasteiger charge is -2.29. The number of carbonyl (C=O) groups is 2. The average molecular weight is 263 g/mol. The molecule has 1 rings (SSSR count). The number of benzene rings is 1. The molecule has 0 unspecified atom stereocenters. The molecule has 0 saturated heterocycles. The molecule has 0 aliphatic heterocycles. The number of hydrogen-bond donors (Lipinski definition) is 2. The monoisotopic (exact) mass is 263 g/mol. The Kier molecular flexibility index (Phi) is 4.70. The Labute approximate surface area is 113 Å². The highest BCUT2D eigenvalue weighted by Crippen LogP contribution is 2.24. The van der Waals surface area contributed by atoms with Gasteiger partial charge in [0.25, 0.3) is 5.91 Å². The SMILES string of the molecule is CC(C)C(C)(C)CNC(=O)c1cccc(C(=O)O)c1. The van der Waals surface area contributed by atoms with Crippen molar-refractivity contribution < 1.29 is 14.7 Å². The fourth-order valence-corrected chi connectivity index (χ4v) is 1.41. The Morgan fingerprint density at radius 1 is 1.26 bits per heavy atom. The molecule has 0 fully saturated rings. The molecule has 1 aromatic carbocycles. The summed E-state index contributed by atoms with van der Waals surface area (Å²) in [7, 11) is 0. The maximum atomic E-state index is 12.0. The van der Waals surface area contributed by atoms with Crippen molar-refractivity contribution in [1.29, 1.82) is 0 Å². The van der Waals surface area contributed by atoms with Crippen LogP contribution >= 0.6 is 0 Å². The van der Waals surface area contributed by atoms with Crippen LogP contribution in [0, 0.1) is 11.3 Å². The second-order valence-electron chi connectivity index (χ2n) is 5.71.